The third kappa shape index (κ3) is 3.21. The Morgan fingerprint density at radius 2 is 2.04 bits per heavy atom. The highest BCUT2D eigenvalue weighted by Gasteiger charge is 2.15. The summed E-state index contributed by atoms with van der Waals surface area (Å²) in [5.41, 5.74) is 2.38. The number of nitrogens with one attached hydrogen (secondary N) is 1. The molecule has 5 heteroatoms. The second kappa shape index (κ2) is 6.53. The number of hydrogen-bond donors (Lipinski definition) is 1. The van der Waals surface area contributed by atoms with Crippen molar-refractivity contribution in [1.29, 1.82) is 0 Å². The van der Waals surface area contributed by atoms with Crippen LogP contribution in [0, 0.1) is 0 Å². The highest BCUT2D eigenvalue weighted by Crippen LogP contribution is 2.25. The predicted octanol–water partition coefficient (Wildman–Crippen LogP) is 3.08. The summed E-state index contributed by atoms with van der Waals surface area (Å²) in [5, 5.41) is 5.06. The van der Waals surface area contributed by atoms with Crippen molar-refractivity contribution in [2.75, 3.05) is 25.0 Å². The monoisotopic (exact) mass is 320 g/mol. The van der Waals surface area contributed by atoms with Crippen LogP contribution in [-0.2, 0) is 4.79 Å². The number of aliphatic imine (C=N–C) groups is 1. The van der Waals surface area contributed by atoms with Gasteiger partial charge >= 0.3 is 0 Å². The minimum atomic E-state index is 0.00630. The van der Waals surface area contributed by atoms with Crippen molar-refractivity contribution in [2.24, 2.45) is 4.99 Å². The van der Waals surface area contributed by atoms with E-state index in [1.54, 1.807) is 0 Å². The molecule has 3 heterocycles. The molecule has 0 bridgehead atoms. The van der Waals surface area contributed by atoms with Gasteiger partial charge in [-0.1, -0.05) is 12.1 Å². The number of carbonyl (C=O) groups excluding carboxylic acids is 1. The van der Waals surface area contributed by atoms with Crippen molar-refractivity contribution in [3.63, 3.8) is 0 Å². The van der Waals surface area contributed by atoms with Crippen LogP contribution in [0.1, 0.15) is 24.8 Å². The number of nitrogens with zero attached hydrogens (tertiary/aromatic N) is 3. The Bertz CT molecular complexity index is 834. The van der Waals surface area contributed by atoms with E-state index in [4.69, 9.17) is 0 Å². The first-order valence-corrected chi connectivity index (χ1v) is 8.41. The molecule has 0 spiro atoms. The largest absolute Gasteiger partial charge is 0.310 e. The quantitative estimate of drug-likeness (QED) is 0.942. The summed E-state index contributed by atoms with van der Waals surface area (Å²) in [4.78, 5) is 22.9. The summed E-state index contributed by atoms with van der Waals surface area (Å²) >= 11 is 0. The molecule has 1 aromatic heterocycles. The van der Waals surface area contributed by atoms with Gasteiger partial charge in [0.15, 0.2) is 0 Å². The van der Waals surface area contributed by atoms with E-state index in [-0.39, 0.29) is 5.91 Å². The number of anilines is 1. The van der Waals surface area contributed by atoms with Crippen molar-refractivity contribution in [1.82, 2.24) is 9.88 Å². The van der Waals surface area contributed by atoms with E-state index in [1.165, 1.54) is 24.0 Å². The summed E-state index contributed by atoms with van der Waals surface area (Å²) in [5.74, 6) is 0.618. The molecule has 24 heavy (non-hydrogen) atoms. The van der Waals surface area contributed by atoms with Crippen LogP contribution in [0.3, 0.4) is 0 Å². The number of amides is 1. The molecule has 2 aliphatic heterocycles. The molecule has 0 unspecified atom stereocenters. The van der Waals surface area contributed by atoms with Crippen LogP contribution < -0.4 is 5.32 Å². The predicted molar refractivity (Wildman–Crippen MR) is 97.1 cm³/mol. The third-order valence-corrected chi connectivity index (χ3v) is 4.57. The van der Waals surface area contributed by atoms with Crippen LogP contribution in [0.2, 0.25) is 0 Å². The molecular weight excluding hydrogens is 300 g/mol. The number of pyridine rings is 1. The first-order chi connectivity index (χ1) is 11.8. The average molecular weight is 320 g/mol. The molecule has 1 fully saturated rings. The summed E-state index contributed by atoms with van der Waals surface area (Å²) in [7, 11) is 0. The van der Waals surface area contributed by atoms with Crippen molar-refractivity contribution in [2.45, 2.75) is 19.3 Å². The van der Waals surface area contributed by atoms with Crippen LogP contribution in [-0.4, -0.2) is 41.6 Å². The fraction of sp³-hybridized carbons (Fsp3) is 0.316. The fourth-order valence-electron chi connectivity index (χ4n) is 3.27. The van der Waals surface area contributed by atoms with Gasteiger partial charge in [0.1, 0.15) is 5.82 Å². The maximum atomic E-state index is 12.2. The molecule has 0 saturated carbocycles. The Kier molecular flexibility index (Phi) is 4.09. The summed E-state index contributed by atoms with van der Waals surface area (Å²) in [6, 6.07) is 8.23. The molecule has 1 amide bonds. The SMILES string of the molecule is O=C(CN1CCCC1)Nc1cc2cc(C3=CN=CC3)ccc2cn1. The van der Waals surface area contributed by atoms with Gasteiger partial charge in [-0.15, -0.1) is 0 Å². The first kappa shape index (κ1) is 15.0. The summed E-state index contributed by atoms with van der Waals surface area (Å²) < 4.78 is 0. The number of likely N-dealkylation sites (tertiary alicyclic amines) is 1. The summed E-state index contributed by atoms with van der Waals surface area (Å²) in [6.07, 6.45) is 8.87. The number of fused-ring (bicyclic) bond motifs is 1. The van der Waals surface area contributed by atoms with E-state index in [0.29, 0.717) is 12.4 Å². The maximum Gasteiger partial charge on any atom is 0.239 e. The van der Waals surface area contributed by atoms with Gasteiger partial charge in [-0.25, -0.2) is 4.98 Å². The minimum absolute atomic E-state index is 0.00630. The van der Waals surface area contributed by atoms with Gasteiger partial charge < -0.3 is 5.32 Å². The lowest BCUT2D eigenvalue weighted by atomic mass is 10.0. The Morgan fingerprint density at radius 1 is 1.17 bits per heavy atom. The van der Waals surface area contributed by atoms with Gasteiger partial charge in [-0.3, -0.25) is 14.7 Å². The molecular formula is C19H20N4O. The van der Waals surface area contributed by atoms with E-state index in [1.807, 2.05) is 24.7 Å². The van der Waals surface area contributed by atoms with Gasteiger partial charge in [-0.05, 0) is 54.6 Å². The molecule has 1 saturated heterocycles. The van der Waals surface area contributed by atoms with Crippen LogP contribution in [0.4, 0.5) is 5.82 Å². The van der Waals surface area contributed by atoms with Crippen molar-refractivity contribution in [3.8, 4) is 0 Å². The molecule has 0 radical (unpaired) electrons. The lowest BCUT2D eigenvalue weighted by Crippen LogP contribution is -2.31. The van der Waals surface area contributed by atoms with Crippen LogP contribution >= 0.6 is 0 Å². The number of benzene rings is 1. The summed E-state index contributed by atoms with van der Waals surface area (Å²) in [6.45, 7) is 2.47. The zero-order valence-corrected chi connectivity index (χ0v) is 13.5. The van der Waals surface area contributed by atoms with Gasteiger partial charge in [-0.2, -0.15) is 0 Å². The molecule has 0 atom stereocenters. The zero-order chi connectivity index (χ0) is 16.4. The molecule has 2 aromatic rings. The van der Waals surface area contributed by atoms with Gasteiger partial charge in [0.2, 0.25) is 5.91 Å². The third-order valence-electron chi connectivity index (χ3n) is 4.57. The lowest BCUT2D eigenvalue weighted by Gasteiger charge is -2.14. The maximum absolute atomic E-state index is 12.2. The molecule has 1 N–H and O–H groups in total. The molecule has 2 aliphatic rings. The Labute approximate surface area is 141 Å². The molecule has 122 valence electrons. The van der Waals surface area contributed by atoms with E-state index < -0.39 is 0 Å². The number of carbonyl (C=O) groups is 1. The smallest absolute Gasteiger partial charge is 0.239 e. The van der Waals surface area contributed by atoms with Crippen molar-refractivity contribution < 1.29 is 4.79 Å². The van der Waals surface area contributed by atoms with Gasteiger partial charge in [0.25, 0.3) is 0 Å². The topological polar surface area (TPSA) is 57.6 Å². The molecule has 1 aromatic carbocycles. The van der Waals surface area contributed by atoms with Crippen LogP contribution in [0.15, 0.2) is 41.7 Å². The number of hydrogen-bond acceptors (Lipinski definition) is 4. The normalized spacial score (nSPS) is 17.4. The Balaban J connectivity index is 1.51. The van der Waals surface area contributed by atoms with Gasteiger partial charge in [0.05, 0.1) is 6.54 Å². The van der Waals surface area contributed by atoms with E-state index in [2.05, 4.69) is 38.4 Å². The molecule has 5 nitrogen and oxygen atoms in total. The van der Waals surface area contributed by atoms with E-state index >= 15 is 0 Å². The fourth-order valence-corrected chi connectivity index (χ4v) is 3.27. The lowest BCUT2D eigenvalue weighted by molar-refractivity contribution is -0.117. The second-order valence-electron chi connectivity index (χ2n) is 6.35. The van der Waals surface area contributed by atoms with Crippen LogP contribution in [0.25, 0.3) is 16.3 Å². The van der Waals surface area contributed by atoms with Gasteiger partial charge in [0, 0.05) is 30.4 Å². The second-order valence-corrected chi connectivity index (χ2v) is 6.35. The number of allylic oxidation sites excluding steroid dienone is 1. The highest BCUT2D eigenvalue weighted by molar-refractivity contribution is 5.95. The molecule has 4 rings (SSSR count). The first-order valence-electron chi connectivity index (χ1n) is 8.41. The highest BCUT2D eigenvalue weighted by atomic mass is 16.2. The Morgan fingerprint density at radius 3 is 2.83 bits per heavy atom. The van der Waals surface area contributed by atoms with Crippen molar-refractivity contribution in [3.05, 3.63) is 42.2 Å². The van der Waals surface area contributed by atoms with E-state index in [9.17, 15) is 4.79 Å². The number of aromatic nitrogens is 1. The van der Waals surface area contributed by atoms with Crippen LogP contribution in [0.5, 0.6) is 0 Å². The zero-order valence-electron chi connectivity index (χ0n) is 13.5. The van der Waals surface area contributed by atoms with E-state index in [0.717, 1.165) is 30.3 Å². The minimum Gasteiger partial charge on any atom is -0.310 e. The average Bonchev–Trinajstić information content (AvgIpc) is 3.27. The Hall–Kier alpha value is -2.53. The standard InChI is InChI=1S/C19H20N4O/c24-19(13-23-7-1-2-8-23)22-18-10-17-9-14(16-5-6-20-11-16)3-4-15(17)12-21-18/h3-4,6,9-12H,1-2,5,7-8,13H2,(H,21,22,24). The molecule has 0 aliphatic carbocycles. The van der Waals surface area contributed by atoms with Crippen molar-refractivity contribution >= 4 is 34.3 Å². The number of rotatable bonds is 4.